The number of methoxy groups -OCH3 is 2. The molecule has 0 N–H and O–H groups in total. The average Bonchev–Trinajstić information content (AvgIpc) is 3.09. The minimum Gasteiger partial charge on any atom is -0.493 e. The fourth-order valence-electron chi connectivity index (χ4n) is 3.94. The third-order valence-corrected chi connectivity index (χ3v) is 5.75. The number of ether oxygens (including phenoxy) is 2. The van der Waals surface area contributed by atoms with Crippen LogP contribution >= 0.6 is 0 Å². The Bertz CT molecular complexity index is 1220. The van der Waals surface area contributed by atoms with E-state index in [9.17, 15) is 9.59 Å². The van der Waals surface area contributed by atoms with E-state index in [-0.39, 0.29) is 18.4 Å². The molecule has 0 atom stereocenters. The minimum atomic E-state index is -0.336. The molecule has 0 unspecified atom stereocenters. The van der Waals surface area contributed by atoms with E-state index in [2.05, 4.69) is 0 Å². The number of rotatable bonds is 7. The maximum Gasteiger partial charge on any atom is 0.278 e. The van der Waals surface area contributed by atoms with Crippen LogP contribution in [0.5, 0.6) is 11.5 Å². The molecule has 0 radical (unpaired) electrons. The Morgan fingerprint density at radius 3 is 2.12 bits per heavy atom. The van der Waals surface area contributed by atoms with Crippen molar-refractivity contribution >= 4 is 23.1 Å². The molecular weight excluding hydrogens is 416 g/mol. The van der Waals surface area contributed by atoms with E-state index in [0.29, 0.717) is 28.3 Å². The van der Waals surface area contributed by atoms with Crippen LogP contribution in [-0.4, -0.2) is 38.0 Å². The van der Waals surface area contributed by atoms with Gasteiger partial charge in [0.2, 0.25) is 0 Å². The second-order valence-electron chi connectivity index (χ2n) is 7.87. The Balaban J connectivity index is 1.75. The number of nitrogens with zero attached hydrogens (tertiary/aromatic N) is 2. The van der Waals surface area contributed by atoms with Crippen LogP contribution in [0, 0.1) is 6.92 Å². The first-order valence-corrected chi connectivity index (χ1v) is 10.6. The smallest absolute Gasteiger partial charge is 0.278 e. The van der Waals surface area contributed by atoms with Crippen LogP contribution in [0.2, 0.25) is 0 Å². The Kier molecular flexibility index (Phi) is 6.18. The van der Waals surface area contributed by atoms with Crippen molar-refractivity contribution in [3.8, 4) is 11.5 Å². The summed E-state index contributed by atoms with van der Waals surface area (Å²) in [5, 5.41) is 0. The summed E-state index contributed by atoms with van der Waals surface area (Å²) in [5.74, 6) is 0.471. The normalized spacial score (nSPS) is 13.5. The lowest BCUT2D eigenvalue weighted by Gasteiger charge is -2.22. The molecule has 0 spiro atoms. The van der Waals surface area contributed by atoms with Crippen molar-refractivity contribution in [1.29, 1.82) is 0 Å². The predicted octanol–water partition coefficient (Wildman–Crippen LogP) is 4.43. The van der Waals surface area contributed by atoms with Crippen LogP contribution in [0.3, 0.4) is 0 Å². The highest BCUT2D eigenvalue weighted by Gasteiger charge is 2.41. The molecule has 6 nitrogen and oxygen atoms in total. The minimum absolute atomic E-state index is 0.125. The number of para-hydroxylation sites is 1. The number of likely N-dealkylation sites (N-methyl/N-ethyl adjacent to an activating group) is 1. The van der Waals surface area contributed by atoms with Gasteiger partial charge in [0.1, 0.15) is 5.70 Å². The van der Waals surface area contributed by atoms with Crippen LogP contribution in [0.1, 0.15) is 16.7 Å². The number of carbonyl (C=O) groups excluding carboxylic acids is 2. The van der Waals surface area contributed by atoms with Gasteiger partial charge in [0.05, 0.1) is 26.3 Å². The van der Waals surface area contributed by atoms with E-state index in [1.807, 2.05) is 74.6 Å². The lowest BCUT2D eigenvalue weighted by atomic mass is 10.0. The summed E-state index contributed by atoms with van der Waals surface area (Å²) in [6.07, 6.45) is 0. The van der Waals surface area contributed by atoms with Crippen molar-refractivity contribution in [2.45, 2.75) is 13.5 Å². The van der Waals surface area contributed by atoms with Crippen molar-refractivity contribution in [3.63, 3.8) is 0 Å². The molecule has 4 rings (SSSR count). The summed E-state index contributed by atoms with van der Waals surface area (Å²) in [7, 11) is 4.93. The zero-order valence-corrected chi connectivity index (χ0v) is 19.2. The van der Waals surface area contributed by atoms with Crippen molar-refractivity contribution < 1.29 is 19.1 Å². The second-order valence-corrected chi connectivity index (χ2v) is 7.87. The van der Waals surface area contributed by atoms with Gasteiger partial charge in [-0.15, -0.1) is 0 Å². The van der Waals surface area contributed by atoms with Crippen LogP contribution in [-0.2, 0) is 16.1 Å². The Morgan fingerprint density at radius 2 is 1.48 bits per heavy atom. The van der Waals surface area contributed by atoms with Gasteiger partial charge in [-0.1, -0.05) is 54.1 Å². The van der Waals surface area contributed by atoms with E-state index in [1.54, 1.807) is 31.3 Å². The highest BCUT2D eigenvalue weighted by Crippen LogP contribution is 2.35. The highest BCUT2D eigenvalue weighted by molar-refractivity contribution is 6.36. The predicted molar refractivity (Wildman–Crippen MR) is 128 cm³/mol. The summed E-state index contributed by atoms with van der Waals surface area (Å²) in [6.45, 7) is 2.11. The molecule has 0 saturated heterocycles. The van der Waals surface area contributed by atoms with Gasteiger partial charge in [-0.3, -0.25) is 14.5 Å². The second kappa shape index (κ2) is 9.20. The monoisotopic (exact) mass is 442 g/mol. The summed E-state index contributed by atoms with van der Waals surface area (Å²) in [6, 6.07) is 22.6. The van der Waals surface area contributed by atoms with Gasteiger partial charge in [-0.05, 0) is 42.3 Å². The average molecular weight is 443 g/mol. The molecule has 2 amide bonds. The van der Waals surface area contributed by atoms with Crippen molar-refractivity contribution in [3.05, 3.63) is 95.2 Å². The molecule has 6 heteroatoms. The van der Waals surface area contributed by atoms with E-state index in [0.717, 1.165) is 16.8 Å². The van der Waals surface area contributed by atoms with Gasteiger partial charge in [0.25, 0.3) is 11.8 Å². The molecule has 1 aliphatic rings. The van der Waals surface area contributed by atoms with Crippen LogP contribution in [0.15, 0.2) is 78.5 Å². The first-order chi connectivity index (χ1) is 15.9. The molecule has 0 aliphatic carbocycles. The van der Waals surface area contributed by atoms with Crippen LogP contribution < -0.4 is 14.4 Å². The summed E-state index contributed by atoms with van der Waals surface area (Å²) in [4.78, 5) is 30.3. The first kappa shape index (κ1) is 22.1. The number of amides is 2. The summed E-state index contributed by atoms with van der Waals surface area (Å²) in [5.41, 5.74) is 4.14. The fourth-order valence-corrected chi connectivity index (χ4v) is 3.94. The van der Waals surface area contributed by atoms with Gasteiger partial charge in [0.15, 0.2) is 11.5 Å². The van der Waals surface area contributed by atoms with E-state index >= 15 is 0 Å². The van der Waals surface area contributed by atoms with Gasteiger partial charge < -0.3 is 14.4 Å². The summed E-state index contributed by atoms with van der Waals surface area (Å²) >= 11 is 0. The van der Waals surface area contributed by atoms with Gasteiger partial charge in [0, 0.05) is 12.7 Å². The Labute approximate surface area is 193 Å². The van der Waals surface area contributed by atoms with Crippen LogP contribution in [0.4, 0.5) is 5.69 Å². The first-order valence-electron chi connectivity index (χ1n) is 10.6. The third kappa shape index (κ3) is 4.20. The summed E-state index contributed by atoms with van der Waals surface area (Å²) < 4.78 is 10.7. The molecule has 168 valence electrons. The SMILES string of the molecule is COc1ccc(CN2C(=O)C(c3ccc(C)cc3)=C(N(C)c3ccccc3)C2=O)cc1OC. The van der Waals surface area contributed by atoms with E-state index in [4.69, 9.17) is 9.47 Å². The van der Waals surface area contributed by atoms with Crippen molar-refractivity contribution in [1.82, 2.24) is 4.90 Å². The van der Waals surface area contributed by atoms with Gasteiger partial charge >= 0.3 is 0 Å². The zero-order valence-electron chi connectivity index (χ0n) is 19.2. The number of hydrogen-bond donors (Lipinski definition) is 0. The number of carbonyl (C=O) groups is 2. The van der Waals surface area contributed by atoms with Crippen molar-refractivity contribution in [2.24, 2.45) is 0 Å². The lowest BCUT2D eigenvalue weighted by Crippen LogP contribution is -2.33. The molecule has 3 aromatic carbocycles. The molecule has 0 saturated carbocycles. The number of benzene rings is 3. The number of hydrogen-bond acceptors (Lipinski definition) is 5. The molecule has 1 aliphatic heterocycles. The van der Waals surface area contributed by atoms with Gasteiger partial charge in [-0.2, -0.15) is 0 Å². The number of anilines is 1. The van der Waals surface area contributed by atoms with Crippen molar-refractivity contribution in [2.75, 3.05) is 26.2 Å². The standard InChI is InChI=1S/C27H26N2O4/c1-18-10-13-20(14-11-18)24-25(28(2)21-8-6-5-7-9-21)27(31)29(26(24)30)17-19-12-15-22(32-3)23(16-19)33-4/h5-16H,17H2,1-4H3. The Morgan fingerprint density at radius 1 is 0.818 bits per heavy atom. The molecule has 3 aromatic rings. The molecule has 0 bridgehead atoms. The Hall–Kier alpha value is -4.06. The molecule has 0 aromatic heterocycles. The van der Waals surface area contributed by atoms with Gasteiger partial charge in [-0.25, -0.2) is 0 Å². The molecular formula is C27H26N2O4. The van der Waals surface area contributed by atoms with E-state index in [1.165, 1.54) is 4.90 Å². The molecule has 33 heavy (non-hydrogen) atoms. The maximum atomic E-state index is 13.6. The highest BCUT2D eigenvalue weighted by atomic mass is 16.5. The largest absolute Gasteiger partial charge is 0.493 e. The molecule has 1 heterocycles. The fraction of sp³-hybridized carbons (Fsp3) is 0.185. The lowest BCUT2D eigenvalue weighted by molar-refractivity contribution is -0.137. The molecule has 0 fully saturated rings. The van der Waals surface area contributed by atoms with E-state index < -0.39 is 0 Å². The number of imide groups is 1. The van der Waals surface area contributed by atoms with Crippen LogP contribution in [0.25, 0.3) is 5.57 Å². The topological polar surface area (TPSA) is 59.1 Å². The zero-order chi connectivity index (χ0) is 23.5. The maximum absolute atomic E-state index is 13.6. The quantitative estimate of drug-likeness (QED) is 0.507. The third-order valence-electron chi connectivity index (χ3n) is 5.75. The number of aryl methyl sites for hydroxylation is 1.